The molecule has 0 radical (unpaired) electrons. The van der Waals surface area contributed by atoms with Crippen molar-refractivity contribution in [1.82, 2.24) is 0 Å². The maximum atomic E-state index is 10.2. The Kier molecular flexibility index (Phi) is 30.1. The Morgan fingerprint density at radius 1 is 1.00 bits per heavy atom. The van der Waals surface area contributed by atoms with Gasteiger partial charge in [-0.25, -0.2) is 4.79 Å². The predicted molar refractivity (Wildman–Crippen MR) is 105 cm³/mol. The number of hydrogen-bond acceptors (Lipinski definition) is 2. The van der Waals surface area contributed by atoms with Crippen molar-refractivity contribution in [2.75, 3.05) is 0 Å². The summed E-state index contributed by atoms with van der Waals surface area (Å²) in [4.78, 5) is 10.2. The third kappa shape index (κ3) is 31.4. The van der Waals surface area contributed by atoms with E-state index < -0.39 is 5.97 Å². The van der Waals surface area contributed by atoms with E-state index in [0.717, 1.165) is 5.56 Å². The van der Waals surface area contributed by atoms with Gasteiger partial charge in [0.15, 0.2) is 0 Å². The van der Waals surface area contributed by atoms with E-state index in [1.165, 1.54) is 0 Å². The molecule has 128 valence electrons. The van der Waals surface area contributed by atoms with Gasteiger partial charge in [-0.1, -0.05) is 31.5 Å². The molecule has 1 rings (SSSR count). The highest BCUT2D eigenvalue weighted by Gasteiger charge is 1.97. The standard InChI is InChI=1S/C8H6.C6H8O2.C4H6.C3H4.CH4/c1-2-8-6-4-3-5-7-8;1-4-6(7)8-5(2)3;1-3-4-2;1-3-2;/h1,3-7H;1,5H,2-3H3;1-2H3;1H,2H3;1H4. The molecule has 0 saturated carbocycles. The molecule has 2 nitrogen and oxygen atoms in total. The van der Waals surface area contributed by atoms with Crippen molar-refractivity contribution in [3.05, 3.63) is 35.9 Å². The Bertz CT molecular complexity index is 573. The first-order valence-corrected chi connectivity index (χ1v) is 6.83. The second-order valence-electron chi connectivity index (χ2n) is 3.90. The van der Waals surface area contributed by atoms with Crippen LogP contribution >= 0.6 is 0 Å². The number of benzene rings is 1. The number of carbonyl (C=O) groups excluding carboxylic acids is 1. The molecule has 0 spiro atoms. The summed E-state index contributed by atoms with van der Waals surface area (Å²) in [5, 5.41) is 0. The monoisotopic (exact) mass is 324 g/mol. The van der Waals surface area contributed by atoms with Crippen LogP contribution in [0.4, 0.5) is 0 Å². The molecule has 2 heteroatoms. The zero-order chi connectivity index (χ0) is 18.5. The van der Waals surface area contributed by atoms with Crippen molar-refractivity contribution in [3.63, 3.8) is 0 Å². The molecule has 24 heavy (non-hydrogen) atoms. The van der Waals surface area contributed by atoms with Crippen molar-refractivity contribution >= 4 is 5.97 Å². The van der Waals surface area contributed by atoms with E-state index in [-0.39, 0.29) is 13.5 Å². The maximum absolute atomic E-state index is 10.2. The SMILES string of the molecule is C.C#CC.C#CC(=O)OC(C)C.C#Cc1ccccc1.CC#CC. The molecular formula is C22H28O2. The first-order valence-electron chi connectivity index (χ1n) is 6.83. The van der Waals surface area contributed by atoms with Crippen LogP contribution in [-0.2, 0) is 9.53 Å². The Hall–Kier alpha value is -3.07. The number of hydrogen-bond donors (Lipinski definition) is 0. The van der Waals surface area contributed by atoms with E-state index in [9.17, 15) is 4.79 Å². The third-order valence-electron chi connectivity index (χ3n) is 1.65. The van der Waals surface area contributed by atoms with Crippen LogP contribution in [0.25, 0.3) is 0 Å². The Labute approximate surface area is 149 Å². The smallest absolute Gasteiger partial charge is 0.384 e. The van der Waals surface area contributed by atoms with Crippen molar-refractivity contribution in [1.29, 1.82) is 0 Å². The Balaban J connectivity index is -0.000000118. The summed E-state index contributed by atoms with van der Waals surface area (Å²) in [6.07, 6.45) is 14.3. The summed E-state index contributed by atoms with van der Waals surface area (Å²) < 4.78 is 4.52. The molecule has 0 unspecified atom stereocenters. The minimum Gasteiger partial charge on any atom is -0.453 e. The van der Waals surface area contributed by atoms with E-state index >= 15 is 0 Å². The van der Waals surface area contributed by atoms with Crippen LogP contribution in [0.3, 0.4) is 0 Å². The average molecular weight is 324 g/mol. The molecular weight excluding hydrogens is 296 g/mol. The molecule has 1 aromatic rings. The van der Waals surface area contributed by atoms with Gasteiger partial charge in [0.25, 0.3) is 0 Å². The fraction of sp³-hybridized carbons (Fsp3) is 0.318. The van der Waals surface area contributed by atoms with E-state index in [1.54, 1.807) is 20.8 Å². The van der Waals surface area contributed by atoms with Crippen LogP contribution in [0.15, 0.2) is 30.3 Å². The molecule has 0 amide bonds. The summed E-state index contributed by atoms with van der Waals surface area (Å²) in [5.41, 5.74) is 0.938. The van der Waals surface area contributed by atoms with Gasteiger partial charge >= 0.3 is 5.97 Å². The highest BCUT2D eigenvalue weighted by molar-refractivity contribution is 5.87. The van der Waals surface area contributed by atoms with E-state index in [0.29, 0.717) is 0 Å². The molecule has 1 aromatic carbocycles. The summed E-state index contributed by atoms with van der Waals surface area (Å²) in [5.74, 6) is 11.4. The lowest BCUT2D eigenvalue weighted by Crippen LogP contribution is -2.08. The van der Waals surface area contributed by atoms with Crippen molar-refractivity contribution in [2.24, 2.45) is 0 Å². The van der Waals surface area contributed by atoms with Crippen LogP contribution in [0.2, 0.25) is 0 Å². The van der Waals surface area contributed by atoms with Crippen LogP contribution in [0.5, 0.6) is 0 Å². The van der Waals surface area contributed by atoms with Gasteiger partial charge in [0.1, 0.15) is 0 Å². The second-order valence-corrected chi connectivity index (χ2v) is 3.90. The van der Waals surface area contributed by atoms with Crippen LogP contribution in [-0.4, -0.2) is 12.1 Å². The third-order valence-corrected chi connectivity index (χ3v) is 1.65. The van der Waals surface area contributed by atoms with Gasteiger partial charge in [0, 0.05) is 11.5 Å². The minimum atomic E-state index is -0.597. The van der Waals surface area contributed by atoms with Crippen LogP contribution in [0.1, 0.15) is 47.6 Å². The number of ether oxygens (including phenoxy) is 1. The molecule has 0 saturated heterocycles. The molecule has 0 N–H and O–H groups in total. The van der Waals surface area contributed by atoms with Gasteiger partial charge in [-0.3, -0.25) is 0 Å². The molecule has 0 bridgehead atoms. The lowest BCUT2D eigenvalue weighted by molar-refractivity contribution is -0.140. The van der Waals surface area contributed by atoms with Crippen molar-refractivity contribution < 1.29 is 9.53 Å². The van der Waals surface area contributed by atoms with Crippen LogP contribution < -0.4 is 0 Å². The summed E-state index contributed by atoms with van der Waals surface area (Å²) in [7, 11) is 0. The number of rotatable bonds is 1. The highest BCUT2D eigenvalue weighted by atomic mass is 16.5. The normalized spacial score (nSPS) is 6.29. The fourth-order valence-corrected chi connectivity index (χ4v) is 0.782. The Morgan fingerprint density at radius 3 is 1.58 bits per heavy atom. The Morgan fingerprint density at radius 2 is 1.42 bits per heavy atom. The average Bonchev–Trinajstić information content (AvgIpc) is 2.56. The van der Waals surface area contributed by atoms with Crippen molar-refractivity contribution in [3.8, 4) is 48.9 Å². The van der Waals surface area contributed by atoms with Crippen molar-refractivity contribution in [2.45, 2.75) is 48.1 Å². The van der Waals surface area contributed by atoms with E-state index in [1.807, 2.05) is 50.1 Å². The number of esters is 1. The number of carbonyl (C=O) groups is 1. The van der Waals surface area contributed by atoms with Gasteiger partial charge in [-0.05, 0) is 46.8 Å². The summed E-state index contributed by atoms with van der Waals surface area (Å²) in [6.45, 7) is 8.78. The zero-order valence-electron chi connectivity index (χ0n) is 14.5. The topological polar surface area (TPSA) is 26.3 Å². The summed E-state index contributed by atoms with van der Waals surface area (Å²) >= 11 is 0. The van der Waals surface area contributed by atoms with Gasteiger partial charge in [-0.2, -0.15) is 0 Å². The first-order chi connectivity index (χ1) is 10.9. The molecule has 0 heterocycles. The lowest BCUT2D eigenvalue weighted by atomic mass is 10.2. The molecule has 0 aliphatic rings. The quantitative estimate of drug-likeness (QED) is 0.430. The molecule has 0 fully saturated rings. The van der Waals surface area contributed by atoms with Gasteiger partial charge in [0.05, 0.1) is 6.10 Å². The largest absolute Gasteiger partial charge is 0.453 e. The fourth-order valence-electron chi connectivity index (χ4n) is 0.782. The molecule has 0 aromatic heterocycles. The van der Waals surface area contributed by atoms with E-state index in [2.05, 4.69) is 34.8 Å². The van der Waals surface area contributed by atoms with Gasteiger partial charge < -0.3 is 4.74 Å². The second kappa shape index (κ2) is 24.9. The highest BCUT2D eigenvalue weighted by Crippen LogP contribution is 1.93. The minimum absolute atomic E-state index is 0. The van der Waals surface area contributed by atoms with Gasteiger partial charge in [-0.15, -0.1) is 37.0 Å². The van der Waals surface area contributed by atoms with E-state index in [4.69, 9.17) is 12.8 Å². The maximum Gasteiger partial charge on any atom is 0.384 e. The first kappa shape index (κ1) is 29.0. The van der Waals surface area contributed by atoms with Crippen LogP contribution in [0, 0.1) is 48.9 Å². The lowest BCUT2D eigenvalue weighted by Gasteiger charge is -2.01. The van der Waals surface area contributed by atoms with Gasteiger partial charge in [0.2, 0.25) is 0 Å². The molecule has 0 aliphatic heterocycles. The number of terminal acetylenes is 3. The molecule has 0 aliphatic carbocycles. The zero-order valence-corrected chi connectivity index (χ0v) is 14.5. The predicted octanol–water partition coefficient (Wildman–Crippen LogP) is 4.54. The molecule has 0 atom stereocenters. The summed E-state index contributed by atoms with van der Waals surface area (Å²) in [6, 6.07) is 9.60.